The Hall–Kier alpha value is -2.24. The smallest absolute Gasteiger partial charge is 0.310 e. The largest absolute Gasteiger partial charge is 0.438 e. The van der Waals surface area contributed by atoms with Crippen LogP contribution in [0.3, 0.4) is 0 Å². The number of hydrogen-bond acceptors (Lipinski definition) is 5. The molecule has 0 spiro atoms. The van der Waals surface area contributed by atoms with Crippen molar-refractivity contribution in [2.45, 2.75) is 39.4 Å². The Morgan fingerprint density at radius 2 is 1.88 bits per heavy atom. The number of ether oxygens (including phenoxy) is 2. The minimum absolute atomic E-state index is 0.220. The van der Waals surface area contributed by atoms with Crippen molar-refractivity contribution >= 4 is 5.97 Å². The van der Waals surface area contributed by atoms with Crippen LogP contribution in [-0.2, 0) is 20.7 Å². The van der Waals surface area contributed by atoms with Gasteiger partial charge in [-0.2, -0.15) is 0 Å². The maximum Gasteiger partial charge on any atom is 0.310 e. The number of hydrogen-bond donors (Lipinski definition) is 1. The lowest BCUT2D eigenvalue weighted by Gasteiger charge is -2.26. The van der Waals surface area contributed by atoms with Crippen LogP contribution in [0.15, 0.2) is 48.7 Å². The lowest BCUT2D eigenvalue weighted by Crippen LogP contribution is -2.36. The standard InChI is InChI=1S/C20H25NO4/c1-4-20(23,25-14-24-19(22)15(2)3)12-18-11-10-17(13-21-18)16-8-6-5-7-9-16/h5-11,13,15,23H,4,12,14H2,1-3H3. The van der Waals surface area contributed by atoms with Crippen LogP contribution < -0.4 is 0 Å². The average Bonchev–Trinajstić information content (AvgIpc) is 2.63. The molecule has 5 nitrogen and oxygen atoms in total. The summed E-state index contributed by atoms with van der Waals surface area (Å²) in [5.74, 6) is -2.01. The highest BCUT2D eigenvalue weighted by Crippen LogP contribution is 2.21. The number of carbonyl (C=O) groups is 1. The van der Waals surface area contributed by atoms with Gasteiger partial charge in [-0.25, -0.2) is 0 Å². The van der Waals surface area contributed by atoms with Gasteiger partial charge in [-0.15, -0.1) is 0 Å². The molecule has 0 amide bonds. The maximum absolute atomic E-state index is 11.5. The summed E-state index contributed by atoms with van der Waals surface area (Å²) in [6.45, 7) is 5.02. The predicted octanol–water partition coefficient (Wildman–Crippen LogP) is 3.56. The fourth-order valence-corrected chi connectivity index (χ4v) is 2.26. The number of benzene rings is 1. The van der Waals surface area contributed by atoms with Crippen molar-refractivity contribution in [3.8, 4) is 11.1 Å². The van der Waals surface area contributed by atoms with Gasteiger partial charge >= 0.3 is 5.97 Å². The first kappa shape index (κ1) is 19.1. The van der Waals surface area contributed by atoms with E-state index in [4.69, 9.17) is 9.47 Å². The molecule has 1 unspecified atom stereocenters. The molecule has 0 saturated heterocycles. The molecule has 1 atom stereocenters. The van der Waals surface area contributed by atoms with E-state index in [9.17, 15) is 9.90 Å². The molecule has 25 heavy (non-hydrogen) atoms. The molecule has 1 heterocycles. The average molecular weight is 343 g/mol. The summed E-state index contributed by atoms with van der Waals surface area (Å²) in [5.41, 5.74) is 2.81. The third-order valence-corrected chi connectivity index (χ3v) is 3.94. The fourth-order valence-electron chi connectivity index (χ4n) is 2.26. The van der Waals surface area contributed by atoms with Gasteiger partial charge in [-0.3, -0.25) is 9.78 Å². The summed E-state index contributed by atoms with van der Waals surface area (Å²) in [6, 6.07) is 13.8. The van der Waals surface area contributed by atoms with Crippen molar-refractivity contribution in [2.24, 2.45) is 5.92 Å². The van der Waals surface area contributed by atoms with E-state index in [0.29, 0.717) is 12.1 Å². The molecule has 134 valence electrons. The maximum atomic E-state index is 11.5. The second-order valence-corrected chi connectivity index (χ2v) is 6.26. The molecule has 1 N–H and O–H groups in total. The zero-order valence-electron chi connectivity index (χ0n) is 14.9. The van der Waals surface area contributed by atoms with Crippen LogP contribution in [0.4, 0.5) is 0 Å². The number of carbonyl (C=O) groups excluding carboxylic acids is 1. The minimum Gasteiger partial charge on any atom is -0.438 e. The second kappa shape index (κ2) is 8.74. The normalized spacial score (nSPS) is 13.5. The van der Waals surface area contributed by atoms with Gasteiger partial charge in [0.15, 0.2) is 12.6 Å². The molecule has 0 radical (unpaired) electrons. The van der Waals surface area contributed by atoms with Crippen molar-refractivity contribution in [1.82, 2.24) is 4.98 Å². The van der Waals surface area contributed by atoms with E-state index in [1.54, 1.807) is 20.0 Å². The van der Waals surface area contributed by atoms with Gasteiger partial charge in [-0.05, 0) is 18.1 Å². The van der Waals surface area contributed by atoms with E-state index in [2.05, 4.69) is 4.98 Å². The Bertz CT molecular complexity index is 670. The topological polar surface area (TPSA) is 68.7 Å². The van der Waals surface area contributed by atoms with E-state index in [1.807, 2.05) is 49.4 Å². The summed E-state index contributed by atoms with van der Waals surface area (Å²) in [4.78, 5) is 15.9. The molecule has 0 aliphatic rings. The molecule has 0 saturated carbocycles. The summed E-state index contributed by atoms with van der Waals surface area (Å²) in [7, 11) is 0. The summed E-state index contributed by atoms with van der Waals surface area (Å²) < 4.78 is 10.4. The molecule has 0 aliphatic heterocycles. The molecule has 2 aromatic rings. The summed E-state index contributed by atoms with van der Waals surface area (Å²) >= 11 is 0. The van der Waals surface area contributed by atoms with E-state index in [1.165, 1.54) is 0 Å². The first-order valence-electron chi connectivity index (χ1n) is 8.47. The number of esters is 1. The molecule has 1 aromatic carbocycles. The zero-order chi connectivity index (χ0) is 18.3. The lowest BCUT2D eigenvalue weighted by molar-refractivity contribution is -0.246. The van der Waals surface area contributed by atoms with E-state index in [-0.39, 0.29) is 25.1 Å². The highest BCUT2D eigenvalue weighted by Gasteiger charge is 2.27. The molecular weight excluding hydrogens is 318 g/mol. The molecule has 1 aromatic heterocycles. The van der Waals surface area contributed by atoms with Crippen molar-refractivity contribution in [1.29, 1.82) is 0 Å². The van der Waals surface area contributed by atoms with Crippen LogP contribution in [0.5, 0.6) is 0 Å². The number of aliphatic hydroxyl groups is 1. The minimum atomic E-state index is -1.42. The van der Waals surface area contributed by atoms with Crippen molar-refractivity contribution < 1.29 is 19.4 Å². The van der Waals surface area contributed by atoms with Crippen molar-refractivity contribution in [3.63, 3.8) is 0 Å². The molecule has 5 heteroatoms. The third kappa shape index (κ3) is 5.66. The van der Waals surface area contributed by atoms with Crippen LogP contribution in [0.25, 0.3) is 11.1 Å². The lowest BCUT2D eigenvalue weighted by atomic mass is 10.0. The van der Waals surface area contributed by atoms with Gasteiger partial charge in [-0.1, -0.05) is 57.2 Å². The Morgan fingerprint density at radius 3 is 2.44 bits per heavy atom. The molecule has 2 rings (SSSR count). The van der Waals surface area contributed by atoms with Crippen LogP contribution in [0.2, 0.25) is 0 Å². The van der Waals surface area contributed by atoms with E-state index in [0.717, 1.165) is 11.1 Å². The van der Waals surface area contributed by atoms with Crippen LogP contribution in [0, 0.1) is 5.92 Å². The SMILES string of the molecule is CCC(O)(Cc1ccc(-c2ccccc2)cn1)OCOC(=O)C(C)C. The zero-order valence-corrected chi connectivity index (χ0v) is 14.9. The Labute approximate surface area is 148 Å². The van der Waals surface area contributed by atoms with Crippen LogP contribution in [0.1, 0.15) is 32.9 Å². The number of pyridine rings is 1. The van der Waals surface area contributed by atoms with Gasteiger partial charge in [0.2, 0.25) is 0 Å². The highest BCUT2D eigenvalue weighted by molar-refractivity contribution is 5.71. The number of rotatable bonds is 8. The summed E-state index contributed by atoms with van der Waals surface area (Å²) in [5, 5.41) is 10.6. The Balaban J connectivity index is 1.97. The third-order valence-electron chi connectivity index (χ3n) is 3.94. The monoisotopic (exact) mass is 343 g/mol. The van der Waals surface area contributed by atoms with Gasteiger partial charge in [0, 0.05) is 23.9 Å². The predicted molar refractivity (Wildman–Crippen MR) is 95.5 cm³/mol. The summed E-state index contributed by atoms with van der Waals surface area (Å²) in [6.07, 6.45) is 2.35. The second-order valence-electron chi connectivity index (χ2n) is 6.26. The molecule has 0 bridgehead atoms. The highest BCUT2D eigenvalue weighted by atomic mass is 16.7. The van der Waals surface area contributed by atoms with E-state index >= 15 is 0 Å². The number of nitrogens with zero attached hydrogens (tertiary/aromatic N) is 1. The fraction of sp³-hybridized carbons (Fsp3) is 0.400. The molecular formula is C20H25NO4. The molecule has 0 aliphatic carbocycles. The van der Waals surface area contributed by atoms with Crippen molar-refractivity contribution in [3.05, 3.63) is 54.4 Å². The molecule has 0 fully saturated rings. The van der Waals surface area contributed by atoms with Gasteiger partial charge in [0.25, 0.3) is 0 Å². The van der Waals surface area contributed by atoms with Crippen molar-refractivity contribution in [2.75, 3.05) is 6.79 Å². The van der Waals surface area contributed by atoms with Crippen LogP contribution in [-0.4, -0.2) is 28.6 Å². The van der Waals surface area contributed by atoms with E-state index < -0.39 is 5.79 Å². The van der Waals surface area contributed by atoms with Gasteiger partial charge < -0.3 is 14.6 Å². The Morgan fingerprint density at radius 1 is 1.16 bits per heavy atom. The quantitative estimate of drug-likeness (QED) is 0.586. The Kier molecular flexibility index (Phi) is 6.67. The van der Waals surface area contributed by atoms with Gasteiger partial charge in [0.05, 0.1) is 5.92 Å². The van der Waals surface area contributed by atoms with Gasteiger partial charge in [0.1, 0.15) is 0 Å². The number of aromatic nitrogens is 1. The first-order valence-corrected chi connectivity index (χ1v) is 8.47. The first-order chi connectivity index (χ1) is 11.9. The van der Waals surface area contributed by atoms with Crippen LogP contribution >= 0.6 is 0 Å².